The van der Waals surface area contributed by atoms with Crippen molar-refractivity contribution in [1.82, 2.24) is 9.97 Å². The van der Waals surface area contributed by atoms with E-state index in [2.05, 4.69) is 28.3 Å². The molecule has 0 saturated carbocycles. The Kier molecular flexibility index (Phi) is 3.75. The van der Waals surface area contributed by atoms with Gasteiger partial charge in [0.05, 0.1) is 24.0 Å². The number of rotatable bonds is 4. The van der Waals surface area contributed by atoms with Crippen LogP contribution in [0.4, 0.5) is 11.5 Å². The molecule has 0 aromatic carbocycles. The Morgan fingerprint density at radius 3 is 2.94 bits per heavy atom. The number of nitrogens with two attached hydrogens (primary N) is 1. The van der Waals surface area contributed by atoms with Crippen LogP contribution in [0, 0.1) is 11.3 Å². The standard InChI is InChI=1S/C12H13N5S/c1-2-10-6-15-11(18-10)7-17-12-8(4-13)3-9(14)5-16-12/h3,5-6H,2,7,14H2,1H3,(H,16,17). The summed E-state index contributed by atoms with van der Waals surface area (Å²) < 4.78 is 0. The number of nitrogen functional groups attached to an aromatic ring is 1. The maximum atomic E-state index is 8.98. The Hall–Kier alpha value is -2.13. The number of aryl methyl sites for hydroxylation is 1. The van der Waals surface area contributed by atoms with E-state index in [-0.39, 0.29) is 0 Å². The van der Waals surface area contributed by atoms with Gasteiger partial charge in [-0.15, -0.1) is 11.3 Å². The van der Waals surface area contributed by atoms with E-state index in [1.54, 1.807) is 17.4 Å². The van der Waals surface area contributed by atoms with E-state index in [0.717, 1.165) is 11.4 Å². The van der Waals surface area contributed by atoms with E-state index in [9.17, 15) is 0 Å². The highest BCUT2D eigenvalue weighted by atomic mass is 32.1. The molecule has 0 amide bonds. The fourth-order valence-corrected chi connectivity index (χ4v) is 2.26. The molecule has 2 rings (SSSR count). The van der Waals surface area contributed by atoms with Crippen molar-refractivity contribution in [2.45, 2.75) is 19.9 Å². The number of anilines is 2. The van der Waals surface area contributed by atoms with Crippen molar-refractivity contribution in [1.29, 1.82) is 5.26 Å². The van der Waals surface area contributed by atoms with Gasteiger partial charge in [0.1, 0.15) is 16.9 Å². The summed E-state index contributed by atoms with van der Waals surface area (Å²) in [6, 6.07) is 3.67. The second-order valence-electron chi connectivity index (χ2n) is 3.70. The number of nitriles is 1. The van der Waals surface area contributed by atoms with Crippen molar-refractivity contribution in [2.75, 3.05) is 11.1 Å². The van der Waals surface area contributed by atoms with E-state index >= 15 is 0 Å². The molecule has 0 bridgehead atoms. The first-order chi connectivity index (χ1) is 8.72. The number of pyridine rings is 1. The van der Waals surface area contributed by atoms with E-state index < -0.39 is 0 Å². The van der Waals surface area contributed by atoms with Crippen molar-refractivity contribution in [3.63, 3.8) is 0 Å². The van der Waals surface area contributed by atoms with Gasteiger partial charge in [0.25, 0.3) is 0 Å². The minimum atomic E-state index is 0.447. The van der Waals surface area contributed by atoms with Crippen molar-refractivity contribution < 1.29 is 0 Å². The van der Waals surface area contributed by atoms with Crippen LogP contribution in [0.2, 0.25) is 0 Å². The molecule has 0 fully saturated rings. The third-order valence-corrected chi connectivity index (χ3v) is 3.53. The van der Waals surface area contributed by atoms with E-state index in [0.29, 0.717) is 23.6 Å². The molecule has 92 valence electrons. The molecule has 0 unspecified atom stereocenters. The highest BCUT2D eigenvalue weighted by Gasteiger charge is 2.05. The highest BCUT2D eigenvalue weighted by molar-refractivity contribution is 7.11. The Bertz CT molecular complexity index is 584. The Labute approximate surface area is 109 Å². The summed E-state index contributed by atoms with van der Waals surface area (Å²) in [4.78, 5) is 9.65. The molecule has 2 aromatic rings. The van der Waals surface area contributed by atoms with Crippen LogP contribution in [0.15, 0.2) is 18.5 Å². The lowest BCUT2D eigenvalue weighted by molar-refractivity contribution is 1.07. The second kappa shape index (κ2) is 5.47. The highest BCUT2D eigenvalue weighted by Crippen LogP contribution is 2.17. The zero-order valence-corrected chi connectivity index (χ0v) is 10.8. The lowest BCUT2D eigenvalue weighted by atomic mass is 10.2. The van der Waals surface area contributed by atoms with Crippen LogP contribution in [-0.2, 0) is 13.0 Å². The van der Waals surface area contributed by atoms with Gasteiger partial charge in [-0.2, -0.15) is 5.26 Å². The van der Waals surface area contributed by atoms with E-state index in [4.69, 9.17) is 11.0 Å². The maximum Gasteiger partial charge on any atom is 0.144 e. The van der Waals surface area contributed by atoms with Crippen LogP contribution < -0.4 is 11.1 Å². The number of aromatic nitrogens is 2. The van der Waals surface area contributed by atoms with Crippen LogP contribution in [0.1, 0.15) is 22.4 Å². The third kappa shape index (κ3) is 2.76. The fraction of sp³-hybridized carbons (Fsp3) is 0.250. The van der Waals surface area contributed by atoms with Crippen LogP contribution in [0.25, 0.3) is 0 Å². The third-order valence-electron chi connectivity index (χ3n) is 2.39. The lowest BCUT2D eigenvalue weighted by Crippen LogP contribution is -2.03. The van der Waals surface area contributed by atoms with E-state index in [1.165, 1.54) is 11.1 Å². The average molecular weight is 259 g/mol. The minimum Gasteiger partial charge on any atom is -0.397 e. The summed E-state index contributed by atoms with van der Waals surface area (Å²) in [6.45, 7) is 2.66. The predicted octanol–water partition coefficient (Wildman–Crippen LogP) is 2.17. The van der Waals surface area contributed by atoms with Crippen molar-refractivity contribution >= 4 is 22.8 Å². The summed E-state index contributed by atoms with van der Waals surface area (Å²) in [5, 5.41) is 13.1. The quantitative estimate of drug-likeness (QED) is 0.878. The first-order valence-electron chi connectivity index (χ1n) is 5.56. The molecule has 0 atom stereocenters. The monoisotopic (exact) mass is 259 g/mol. The van der Waals surface area contributed by atoms with Gasteiger partial charge in [-0.25, -0.2) is 9.97 Å². The molecule has 18 heavy (non-hydrogen) atoms. The number of hydrogen-bond acceptors (Lipinski definition) is 6. The van der Waals surface area contributed by atoms with Gasteiger partial charge in [-0.3, -0.25) is 0 Å². The molecule has 3 N–H and O–H groups in total. The molecule has 0 aliphatic rings. The van der Waals surface area contributed by atoms with E-state index in [1.807, 2.05) is 6.20 Å². The summed E-state index contributed by atoms with van der Waals surface area (Å²) in [5.74, 6) is 0.542. The van der Waals surface area contributed by atoms with Crippen LogP contribution in [0.3, 0.4) is 0 Å². The summed E-state index contributed by atoms with van der Waals surface area (Å²) >= 11 is 1.66. The van der Waals surface area contributed by atoms with Crippen LogP contribution >= 0.6 is 11.3 Å². The average Bonchev–Trinajstić information content (AvgIpc) is 2.85. The molecule has 0 saturated heterocycles. The fourth-order valence-electron chi connectivity index (χ4n) is 1.46. The first-order valence-corrected chi connectivity index (χ1v) is 6.37. The molecule has 0 radical (unpaired) electrons. The number of nitrogens with zero attached hydrogens (tertiary/aromatic N) is 3. The molecule has 5 nitrogen and oxygen atoms in total. The molecule has 0 aliphatic heterocycles. The molecule has 0 aliphatic carbocycles. The minimum absolute atomic E-state index is 0.447. The van der Waals surface area contributed by atoms with Crippen molar-refractivity contribution in [3.05, 3.63) is 33.9 Å². The molecular weight excluding hydrogens is 246 g/mol. The SMILES string of the molecule is CCc1cnc(CNc2ncc(N)cc2C#N)s1. The lowest BCUT2D eigenvalue weighted by Gasteiger charge is -2.05. The van der Waals surface area contributed by atoms with Crippen molar-refractivity contribution in [3.8, 4) is 6.07 Å². The predicted molar refractivity (Wildman–Crippen MR) is 72.2 cm³/mol. The second-order valence-corrected chi connectivity index (χ2v) is 4.90. The van der Waals surface area contributed by atoms with Gasteiger partial charge >= 0.3 is 0 Å². The molecule has 2 heterocycles. The maximum absolute atomic E-state index is 8.98. The smallest absolute Gasteiger partial charge is 0.144 e. The van der Waals surface area contributed by atoms with Gasteiger partial charge in [0.2, 0.25) is 0 Å². The van der Waals surface area contributed by atoms with Gasteiger partial charge < -0.3 is 11.1 Å². The first kappa shape index (κ1) is 12.3. The van der Waals surface area contributed by atoms with Crippen LogP contribution in [0.5, 0.6) is 0 Å². The number of thiazole rings is 1. The van der Waals surface area contributed by atoms with Gasteiger partial charge in [-0.05, 0) is 12.5 Å². The zero-order chi connectivity index (χ0) is 13.0. The molecule has 6 heteroatoms. The van der Waals surface area contributed by atoms with Crippen molar-refractivity contribution in [2.24, 2.45) is 0 Å². The van der Waals surface area contributed by atoms with Gasteiger partial charge in [0, 0.05) is 11.1 Å². The van der Waals surface area contributed by atoms with Gasteiger partial charge in [0.15, 0.2) is 0 Å². The summed E-state index contributed by atoms with van der Waals surface area (Å²) in [6.07, 6.45) is 4.40. The zero-order valence-electron chi connectivity index (χ0n) is 9.97. The van der Waals surface area contributed by atoms with Gasteiger partial charge in [-0.1, -0.05) is 6.92 Å². The number of nitrogens with one attached hydrogen (secondary N) is 1. The Morgan fingerprint density at radius 1 is 1.44 bits per heavy atom. The molecule has 0 spiro atoms. The Morgan fingerprint density at radius 2 is 2.28 bits per heavy atom. The normalized spacial score (nSPS) is 10.0. The topological polar surface area (TPSA) is 87.6 Å². The molecular formula is C12H13N5S. The summed E-state index contributed by atoms with van der Waals surface area (Å²) in [7, 11) is 0. The summed E-state index contributed by atoms with van der Waals surface area (Å²) in [5.41, 5.74) is 6.51. The molecule has 2 aromatic heterocycles. The number of hydrogen-bond donors (Lipinski definition) is 2. The largest absolute Gasteiger partial charge is 0.397 e. The Balaban J connectivity index is 2.08. The van der Waals surface area contributed by atoms with Crippen LogP contribution in [-0.4, -0.2) is 9.97 Å².